The van der Waals surface area contributed by atoms with Crippen LogP contribution in [-0.4, -0.2) is 4.98 Å². The molecule has 0 aliphatic heterocycles. The average Bonchev–Trinajstić information content (AvgIpc) is 2.76. The van der Waals surface area contributed by atoms with Gasteiger partial charge >= 0.3 is 6.18 Å². The van der Waals surface area contributed by atoms with E-state index in [1.165, 1.54) is 6.07 Å². The zero-order valence-corrected chi connectivity index (χ0v) is 11.5. The van der Waals surface area contributed by atoms with E-state index < -0.39 is 17.2 Å². The predicted molar refractivity (Wildman–Crippen MR) is 69.6 cm³/mol. The van der Waals surface area contributed by atoms with E-state index in [0.29, 0.717) is 26.9 Å². The van der Waals surface area contributed by atoms with Crippen molar-refractivity contribution in [2.75, 3.05) is 0 Å². The number of hydrogen-bond donors (Lipinski definition) is 1. The molecule has 0 radical (unpaired) electrons. The van der Waals surface area contributed by atoms with Gasteiger partial charge in [-0.15, -0.1) is 11.3 Å². The lowest BCUT2D eigenvalue weighted by molar-refractivity contribution is -0.137. The molecule has 0 aliphatic carbocycles. The van der Waals surface area contributed by atoms with Crippen molar-refractivity contribution in [2.45, 2.75) is 12.2 Å². The van der Waals surface area contributed by atoms with Crippen molar-refractivity contribution in [3.8, 4) is 0 Å². The van der Waals surface area contributed by atoms with E-state index in [-0.39, 0.29) is 4.88 Å². The van der Waals surface area contributed by atoms with Crippen LogP contribution in [0.3, 0.4) is 0 Å². The van der Waals surface area contributed by atoms with Crippen molar-refractivity contribution < 1.29 is 13.2 Å². The SMILES string of the molecule is NC(c1cnc(C(F)(F)F)s1)c1ccc(Cl)cc1Cl. The van der Waals surface area contributed by atoms with E-state index in [4.69, 9.17) is 28.9 Å². The second-order valence-corrected chi connectivity index (χ2v) is 5.61. The normalized spacial score (nSPS) is 13.6. The standard InChI is InChI=1S/C11H7Cl2F3N2S/c12-5-1-2-6(7(13)3-5)9(17)8-4-18-10(19-8)11(14,15)16/h1-4,9H,17H2. The molecule has 1 aromatic heterocycles. The minimum absolute atomic E-state index is 0.288. The summed E-state index contributed by atoms with van der Waals surface area (Å²) in [6.45, 7) is 0. The highest BCUT2D eigenvalue weighted by Crippen LogP contribution is 2.36. The Morgan fingerprint density at radius 1 is 1.26 bits per heavy atom. The maximum absolute atomic E-state index is 12.5. The van der Waals surface area contributed by atoms with Crippen LogP contribution in [0.1, 0.15) is 21.5 Å². The van der Waals surface area contributed by atoms with Crippen molar-refractivity contribution in [1.82, 2.24) is 4.98 Å². The van der Waals surface area contributed by atoms with Crippen LogP contribution < -0.4 is 5.73 Å². The van der Waals surface area contributed by atoms with Gasteiger partial charge < -0.3 is 5.73 Å². The van der Waals surface area contributed by atoms with E-state index in [1.54, 1.807) is 12.1 Å². The second kappa shape index (κ2) is 5.28. The Hall–Kier alpha value is -0.820. The Labute approximate surface area is 121 Å². The van der Waals surface area contributed by atoms with E-state index in [9.17, 15) is 13.2 Å². The van der Waals surface area contributed by atoms with Gasteiger partial charge in [-0.1, -0.05) is 29.3 Å². The summed E-state index contributed by atoms with van der Waals surface area (Å²) in [5.41, 5.74) is 6.40. The number of aromatic nitrogens is 1. The molecule has 0 saturated heterocycles. The van der Waals surface area contributed by atoms with Crippen LogP contribution in [0.25, 0.3) is 0 Å². The molecule has 2 rings (SSSR count). The summed E-state index contributed by atoms with van der Waals surface area (Å²) >= 11 is 12.2. The molecule has 0 bridgehead atoms. The monoisotopic (exact) mass is 326 g/mol. The minimum Gasteiger partial charge on any atom is -0.320 e. The molecule has 2 aromatic rings. The van der Waals surface area contributed by atoms with Crippen molar-refractivity contribution in [3.05, 3.63) is 49.9 Å². The van der Waals surface area contributed by atoms with Gasteiger partial charge in [-0.2, -0.15) is 13.2 Å². The van der Waals surface area contributed by atoms with Gasteiger partial charge in [0.15, 0.2) is 5.01 Å². The van der Waals surface area contributed by atoms with E-state index in [0.717, 1.165) is 6.20 Å². The first-order chi connectivity index (χ1) is 8.79. The molecule has 2 nitrogen and oxygen atoms in total. The Morgan fingerprint density at radius 3 is 2.47 bits per heavy atom. The summed E-state index contributed by atoms with van der Waals surface area (Å²) < 4.78 is 37.4. The number of nitrogens with zero attached hydrogens (tertiary/aromatic N) is 1. The molecule has 0 spiro atoms. The molecule has 1 atom stereocenters. The smallest absolute Gasteiger partial charge is 0.320 e. The summed E-state index contributed by atoms with van der Waals surface area (Å²) in [6.07, 6.45) is -3.35. The van der Waals surface area contributed by atoms with Gasteiger partial charge in [0.25, 0.3) is 0 Å². The molecule has 1 unspecified atom stereocenters. The van der Waals surface area contributed by atoms with Crippen LogP contribution in [0.4, 0.5) is 13.2 Å². The van der Waals surface area contributed by atoms with Gasteiger partial charge in [0.1, 0.15) is 0 Å². The van der Waals surface area contributed by atoms with Crippen LogP contribution in [0.2, 0.25) is 10.0 Å². The highest BCUT2D eigenvalue weighted by molar-refractivity contribution is 7.11. The summed E-state index contributed by atoms with van der Waals surface area (Å²) in [5.74, 6) is 0. The maximum atomic E-state index is 12.5. The quantitative estimate of drug-likeness (QED) is 0.881. The van der Waals surface area contributed by atoms with Crippen LogP contribution >= 0.6 is 34.5 Å². The lowest BCUT2D eigenvalue weighted by Gasteiger charge is -2.11. The fraction of sp³-hybridized carbons (Fsp3) is 0.182. The zero-order chi connectivity index (χ0) is 14.2. The molecule has 0 saturated carbocycles. The van der Waals surface area contributed by atoms with Crippen LogP contribution in [0.15, 0.2) is 24.4 Å². The lowest BCUT2D eigenvalue weighted by Crippen LogP contribution is -2.10. The van der Waals surface area contributed by atoms with Crippen LogP contribution in [0, 0.1) is 0 Å². The van der Waals surface area contributed by atoms with Crippen LogP contribution in [0.5, 0.6) is 0 Å². The Kier molecular flexibility index (Phi) is 4.06. The predicted octanol–water partition coefficient (Wildman–Crippen LogP) is 4.52. The first kappa shape index (κ1) is 14.6. The molecule has 8 heteroatoms. The molecule has 1 aromatic carbocycles. The van der Waals surface area contributed by atoms with Crippen molar-refractivity contribution in [3.63, 3.8) is 0 Å². The fourth-order valence-electron chi connectivity index (χ4n) is 1.47. The number of alkyl halides is 3. The van der Waals surface area contributed by atoms with Crippen molar-refractivity contribution in [1.29, 1.82) is 0 Å². The summed E-state index contributed by atoms with van der Waals surface area (Å²) in [4.78, 5) is 3.61. The highest BCUT2D eigenvalue weighted by atomic mass is 35.5. The molecular weight excluding hydrogens is 320 g/mol. The molecule has 102 valence electrons. The van der Waals surface area contributed by atoms with Gasteiger partial charge in [0.05, 0.1) is 6.04 Å². The number of thiazole rings is 1. The molecule has 0 fully saturated rings. The third-order valence-corrected chi connectivity index (χ3v) is 4.06. The maximum Gasteiger partial charge on any atom is 0.443 e. The van der Waals surface area contributed by atoms with Crippen molar-refractivity contribution in [2.24, 2.45) is 5.73 Å². The zero-order valence-electron chi connectivity index (χ0n) is 9.21. The minimum atomic E-state index is -4.47. The highest BCUT2D eigenvalue weighted by Gasteiger charge is 2.35. The number of hydrogen-bond acceptors (Lipinski definition) is 3. The van der Waals surface area contributed by atoms with Crippen LogP contribution in [-0.2, 0) is 6.18 Å². The summed E-state index contributed by atoms with van der Waals surface area (Å²) in [7, 11) is 0. The molecule has 19 heavy (non-hydrogen) atoms. The molecule has 1 heterocycles. The van der Waals surface area contributed by atoms with E-state index in [2.05, 4.69) is 4.98 Å². The van der Waals surface area contributed by atoms with Gasteiger partial charge in [-0.3, -0.25) is 0 Å². The fourth-order valence-corrected chi connectivity index (χ4v) is 2.80. The summed E-state index contributed by atoms with van der Waals surface area (Å²) in [5, 5.41) is -0.189. The number of halogens is 5. The first-order valence-electron chi connectivity index (χ1n) is 5.02. The Bertz CT molecular complexity index is 598. The van der Waals surface area contributed by atoms with E-state index >= 15 is 0 Å². The van der Waals surface area contributed by atoms with Gasteiger partial charge in [0, 0.05) is 21.1 Å². The largest absolute Gasteiger partial charge is 0.443 e. The lowest BCUT2D eigenvalue weighted by atomic mass is 10.1. The van der Waals surface area contributed by atoms with Gasteiger partial charge in [0.2, 0.25) is 0 Å². The van der Waals surface area contributed by atoms with Gasteiger partial charge in [-0.05, 0) is 17.7 Å². The average molecular weight is 327 g/mol. The molecule has 0 amide bonds. The Balaban J connectivity index is 2.34. The topological polar surface area (TPSA) is 38.9 Å². The molecule has 2 N–H and O–H groups in total. The number of nitrogens with two attached hydrogens (primary N) is 1. The van der Waals surface area contributed by atoms with E-state index in [1.807, 2.05) is 0 Å². The third kappa shape index (κ3) is 3.20. The number of rotatable bonds is 2. The Morgan fingerprint density at radius 2 is 1.95 bits per heavy atom. The van der Waals surface area contributed by atoms with Gasteiger partial charge in [-0.25, -0.2) is 4.98 Å². The third-order valence-electron chi connectivity index (χ3n) is 2.37. The molecular formula is C11H7Cl2F3N2S. The number of benzene rings is 1. The summed E-state index contributed by atoms with van der Waals surface area (Å²) in [6, 6.07) is 3.89. The molecule has 0 aliphatic rings. The van der Waals surface area contributed by atoms with Crippen molar-refractivity contribution >= 4 is 34.5 Å². The first-order valence-corrected chi connectivity index (χ1v) is 6.59. The second-order valence-electron chi connectivity index (χ2n) is 3.71.